The minimum absolute atomic E-state index is 0.134. The Morgan fingerprint density at radius 2 is 1.96 bits per heavy atom. The summed E-state index contributed by atoms with van der Waals surface area (Å²) in [6, 6.07) is 15.1. The van der Waals surface area contributed by atoms with E-state index in [2.05, 4.69) is 15.3 Å². The Hall–Kier alpha value is -2.82. The Morgan fingerprint density at radius 1 is 1.17 bits per heavy atom. The minimum Gasteiger partial charge on any atom is -0.493 e. The molecule has 5 heteroatoms. The molecule has 1 heterocycles. The monoisotopic (exact) mass is 309 g/mol. The Labute approximate surface area is 134 Å². The number of aromatic nitrogens is 2. The van der Waals surface area contributed by atoms with Gasteiger partial charge < -0.3 is 15.0 Å². The molecule has 2 N–H and O–H groups in total. The summed E-state index contributed by atoms with van der Waals surface area (Å²) >= 11 is 0. The first-order chi connectivity index (χ1) is 11.3. The molecule has 0 fully saturated rings. The van der Waals surface area contributed by atoms with Gasteiger partial charge >= 0.3 is 0 Å². The highest BCUT2D eigenvalue weighted by Gasteiger charge is 2.11. The van der Waals surface area contributed by atoms with Crippen molar-refractivity contribution in [1.29, 1.82) is 0 Å². The molecule has 3 aromatic rings. The van der Waals surface area contributed by atoms with Gasteiger partial charge in [-0.2, -0.15) is 0 Å². The highest BCUT2D eigenvalue weighted by molar-refractivity contribution is 5.96. The third kappa shape index (κ3) is 3.51. The number of imidazole rings is 1. The Balaban J connectivity index is 1.61. The van der Waals surface area contributed by atoms with E-state index in [1.807, 2.05) is 43.3 Å². The van der Waals surface area contributed by atoms with Gasteiger partial charge in [-0.05, 0) is 31.2 Å². The largest absolute Gasteiger partial charge is 0.493 e. The van der Waals surface area contributed by atoms with E-state index < -0.39 is 0 Å². The average Bonchev–Trinajstić information content (AvgIpc) is 2.98. The van der Waals surface area contributed by atoms with Crippen molar-refractivity contribution in [2.45, 2.75) is 13.3 Å². The fourth-order valence-electron chi connectivity index (χ4n) is 2.45. The van der Waals surface area contributed by atoms with Crippen LogP contribution in [0.15, 0.2) is 48.5 Å². The lowest BCUT2D eigenvalue weighted by Crippen LogP contribution is -2.26. The van der Waals surface area contributed by atoms with Gasteiger partial charge in [0.05, 0.1) is 23.2 Å². The van der Waals surface area contributed by atoms with Crippen LogP contribution in [-0.2, 0) is 6.42 Å². The molecule has 0 atom stereocenters. The van der Waals surface area contributed by atoms with Crippen LogP contribution >= 0.6 is 0 Å². The molecule has 0 aliphatic rings. The van der Waals surface area contributed by atoms with Crippen LogP contribution in [0, 0.1) is 0 Å². The number of nitrogens with one attached hydrogen (secondary N) is 2. The molecule has 0 spiro atoms. The molecule has 0 aliphatic carbocycles. The minimum atomic E-state index is -0.134. The van der Waals surface area contributed by atoms with Crippen LogP contribution < -0.4 is 10.1 Å². The molecule has 2 aromatic carbocycles. The molecular formula is C18H19N3O2. The summed E-state index contributed by atoms with van der Waals surface area (Å²) in [5.74, 6) is 1.34. The quantitative estimate of drug-likeness (QED) is 0.735. The normalized spacial score (nSPS) is 10.7. The van der Waals surface area contributed by atoms with Crippen LogP contribution in [-0.4, -0.2) is 29.0 Å². The lowest BCUT2D eigenvalue weighted by Gasteiger charge is -2.09. The van der Waals surface area contributed by atoms with Gasteiger partial charge in [0.1, 0.15) is 11.6 Å². The van der Waals surface area contributed by atoms with E-state index in [1.54, 1.807) is 12.1 Å². The first kappa shape index (κ1) is 15.1. The summed E-state index contributed by atoms with van der Waals surface area (Å²) in [7, 11) is 0. The van der Waals surface area contributed by atoms with Gasteiger partial charge in [-0.1, -0.05) is 24.3 Å². The fourth-order valence-corrected chi connectivity index (χ4v) is 2.45. The molecular weight excluding hydrogens is 290 g/mol. The maximum absolute atomic E-state index is 12.3. The number of rotatable bonds is 6. The first-order valence-corrected chi connectivity index (χ1v) is 7.71. The summed E-state index contributed by atoms with van der Waals surface area (Å²) in [6.07, 6.45) is 0.650. The zero-order valence-corrected chi connectivity index (χ0v) is 13.0. The summed E-state index contributed by atoms with van der Waals surface area (Å²) < 4.78 is 5.48. The number of ether oxygens (including phenoxy) is 1. The number of H-pyrrole nitrogens is 1. The number of carbonyl (C=O) groups excluding carboxylic acids is 1. The van der Waals surface area contributed by atoms with E-state index in [9.17, 15) is 4.79 Å². The highest BCUT2D eigenvalue weighted by Crippen LogP contribution is 2.17. The number of aromatic amines is 1. The SMILES string of the molecule is CCOc1ccccc1C(=O)NCCc1nc2ccccc2[nH]1. The highest BCUT2D eigenvalue weighted by atomic mass is 16.5. The predicted molar refractivity (Wildman–Crippen MR) is 89.7 cm³/mol. The van der Waals surface area contributed by atoms with Crippen molar-refractivity contribution in [2.24, 2.45) is 0 Å². The third-order valence-electron chi connectivity index (χ3n) is 3.52. The number of carbonyl (C=O) groups is 1. The number of fused-ring (bicyclic) bond motifs is 1. The molecule has 23 heavy (non-hydrogen) atoms. The van der Waals surface area contributed by atoms with E-state index in [-0.39, 0.29) is 5.91 Å². The standard InChI is InChI=1S/C18H19N3O2/c1-2-23-16-10-6-3-7-13(16)18(22)19-12-11-17-20-14-8-4-5-9-15(14)21-17/h3-10H,2,11-12H2,1H3,(H,19,22)(H,20,21). The molecule has 0 unspecified atom stereocenters. The molecule has 1 amide bonds. The average molecular weight is 309 g/mol. The number of benzene rings is 2. The number of hydrogen-bond donors (Lipinski definition) is 2. The molecule has 0 saturated heterocycles. The summed E-state index contributed by atoms with van der Waals surface area (Å²) in [4.78, 5) is 20.0. The summed E-state index contributed by atoms with van der Waals surface area (Å²) in [6.45, 7) is 2.94. The summed E-state index contributed by atoms with van der Waals surface area (Å²) in [5.41, 5.74) is 2.50. The van der Waals surface area contributed by atoms with Gasteiger partial charge in [-0.25, -0.2) is 4.98 Å². The van der Waals surface area contributed by atoms with Crippen LogP contribution in [0.2, 0.25) is 0 Å². The zero-order chi connectivity index (χ0) is 16.1. The molecule has 3 rings (SSSR count). The second-order valence-corrected chi connectivity index (χ2v) is 5.14. The van der Waals surface area contributed by atoms with Crippen molar-refractivity contribution >= 4 is 16.9 Å². The van der Waals surface area contributed by atoms with Gasteiger partial charge in [0.25, 0.3) is 5.91 Å². The van der Waals surface area contributed by atoms with E-state index in [1.165, 1.54) is 0 Å². The van der Waals surface area contributed by atoms with Gasteiger partial charge in [-0.15, -0.1) is 0 Å². The predicted octanol–water partition coefficient (Wildman–Crippen LogP) is 2.93. The molecule has 1 aromatic heterocycles. The van der Waals surface area contributed by atoms with Gasteiger partial charge in [0.2, 0.25) is 0 Å². The van der Waals surface area contributed by atoms with Gasteiger partial charge in [-0.3, -0.25) is 4.79 Å². The van der Waals surface area contributed by atoms with Crippen LogP contribution in [0.5, 0.6) is 5.75 Å². The van der Waals surface area contributed by atoms with E-state index >= 15 is 0 Å². The number of hydrogen-bond acceptors (Lipinski definition) is 3. The maximum atomic E-state index is 12.3. The molecule has 0 saturated carbocycles. The van der Waals surface area contributed by atoms with Crippen molar-refractivity contribution < 1.29 is 9.53 Å². The Kier molecular flexibility index (Phi) is 4.57. The topological polar surface area (TPSA) is 67.0 Å². The van der Waals surface area contributed by atoms with Crippen molar-refractivity contribution in [1.82, 2.24) is 15.3 Å². The molecule has 0 bridgehead atoms. The molecule has 5 nitrogen and oxygen atoms in total. The molecule has 0 radical (unpaired) electrons. The fraction of sp³-hybridized carbons (Fsp3) is 0.222. The van der Waals surface area contributed by atoms with Crippen LogP contribution in [0.25, 0.3) is 11.0 Å². The molecule has 0 aliphatic heterocycles. The lowest BCUT2D eigenvalue weighted by atomic mass is 10.2. The first-order valence-electron chi connectivity index (χ1n) is 7.71. The van der Waals surface area contributed by atoms with Crippen LogP contribution in [0.4, 0.5) is 0 Å². The zero-order valence-electron chi connectivity index (χ0n) is 13.0. The van der Waals surface area contributed by atoms with Crippen molar-refractivity contribution in [2.75, 3.05) is 13.2 Å². The van der Waals surface area contributed by atoms with Crippen LogP contribution in [0.3, 0.4) is 0 Å². The van der Waals surface area contributed by atoms with Gasteiger partial charge in [0, 0.05) is 13.0 Å². The smallest absolute Gasteiger partial charge is 0.255 e. The second-order valence-electron chi connectivity index (χ2n) is 5.14. The lowest BCUT2D eigenvalue weighted by molar-refractivity contribution is 0.0950. The number of nitrogens with zero attached hydrogens (tertiary/aromatic N) is 1. The van der Waals surface area contributed by atoms with Crippen molar-refractivity contribution in [3.63, 3.8) is 0 Å². The van der Waals surface area contributed by atoms with Crippen molar-refractivity contribution in [3.05, 3.63) is 59.9 Å². The van der Waals surface area contributed by atoms with E-state index in [4.69, 9.17) is 4.74 Å². The Morgan fingerprint density at radius 3 is 2.78 bits per heavy atom. The van der Waals surface area contributed by atoms with E-state index in [0.29, 0.717) is 30.9 Å². The van der Waals surface area contributed by atoms with Crippen LogP contribution in [0.1, 0.15) is 23.1 Å². The second kappa shape index (κ2) is 6.96. The van der Waals surface area contributed by atoms with Crippen molar-refractivity contribution in [3.8, 4) is 5.75 Å². The maximum Gasteiger partial charge on any atom is 0.255 e. The number of amides is 1. The number of para-hydroxylation sites is 3. The third-order valence-corrected chi connectivity index (χ3v) is 3.52. The summed E-state index contributed by atoms with van der Waals surface area (Å²) in [5, 5.41) is 2.91. The Bertz CT molecular complexity index is 778. The molecule has 118 valence electrons. The van der Waals surface area contributed by atoms with E-state index in [0.717, 1.165) is 16.9 Å². The van der Waals surface area contributed by atoms with Gasteiger partial charge in [0.15, 0.2) is 0 Å².